The van der Waals surface area contributed by atoms with E-state index in [0.717, 1.165) is 13.1 Å². The van der Waals surface area contributed by atoms with Crippen LogP contribution in [0.5, 0.6) is 0 Å². The average molecular weight is 265 g/mol. The van der Waals surface area contributed by atoms with Gasteiger partial charge in [0, 0.05) is 48.0 Å². The first-order valence-electron chi connectivity index (χ1n) is 3.91. The van der Waals surface area contributed by atoms with Crippen LogP contribution in [-0.2, 0) is 4.79 Å². The van der Waals surface area contributed by atoms with Crippen molar-refractivity contribution < 1.29 is 4.79 Å². The molecular formula is C8H12INO. The fourth-order valence-corrected chi connectivity index (χ4v) is 1.39. The molecule has 3 heteroatoms. The Morgan fingerprint density at radius 1 is 1.27 bits per heavy atom. The lowest BCUT2D eigenvalue weighted by molar-refractivity contribution is -0.105. The minimum Gasteiger partial charge on any atom is -0.377 e. The number of likely N-dealkylation sites (tertiary alicyclic amines) is 1. The quantitative estimate of drug-likeness (QED) is 0.432. The summed E-state index contributed by atoms with van der Waals surface area (Å²) in [6, 6.07) is 0. The van der Waals surface area contributed by atoms with Gasteiger partial charge in [-0.05, 0) is 19.3 Å². The van der Waals surface area contributed by atoms with E-state index in [0.29, 0.717) is 0 Å². The molecule has 0 aromatic heterocycles. The third-order valence-electron chi connectivity index (χ3n) is 1.81. The summed E-state index contributed by atoms with van der Waals surface area (Å²) in [6.45, 7) is 2.22. The number of carbonyl (C=O) groups excluding carboxylic acids is 1. The molecular weight excluding hydrogens is 253 g/mol. The van der Waals surface area contributed by atoms with Crippen LogP contribution >= 0.6 is 22.6 Å². The van der Waals surface area contributed by atoms with Crippen LogP contribution in [0.25, 0.3) is 0 Å². The molecule has 0 aromatic carbocycles. The highest BCUT2D eigenvalue weighted by molar-refractivity contribution is 14.1. The Labute approximate surface area is 80.8 Å². The van der Waals surface area contributed by atoms with Crippen LogP contribution in [0.3, 0.4) is 0 Å². The maximum absolute atomic E-state index is 10.6. The minimum absolute atomic E-state index is 0.105. The van der Waals surface area contributed by atoms with Crippen molar-refractivity contribution in [3.8, 4) is 0 Å². The van der Waals surface area contributed by atoms with Crippen molar-refractivity contribution in [2.75, 3.05) is 13.1 Å². The zero-order valence-corrected chi connectivity index (χ0v) is 8.58. The van der Waals surface area contributed by atoms with Crippen molar-refractivity contribution in [3.05, 3.63) is 12.3 Å². The Morgan fingerprint density at radius 2 is 1.91 bits per heavy atom. The topological polar surface area (TPSA) is 20.3 Å². The van der Waals surface area contributed by atoms with E-state index < -0.39 is 0 Å². The Morgan fingerprint density at radius 3 is 2.45 bits per heavy atom. The van der Waals surface area contributed by atoms with E-state index in [4.69, 9.17) is 0 Å². The molecule has 1 saturated heterocycles. The van der Waals surface area contributed by atoms with Crippen LogP contribution in [0.2, 0.25) is 0 Å². The summed E-state index contributed by atoms with van der Waals surface area (Å²) < 4.78 is 0.105. The summed E-state index contributed by atoms with van der Waals surface area (Å²) in [5.41, 5.74) is 0. The highest BCUT2D eigenvalue weighted by Crippen LogP contribution is 2.08. The SMILES string of the molecule is O=C(I)/C=C/N1CCCCC1. The molecule has 0 N–H and O–H groups in total. The molecule has 0 amide bonds. The average Bonchev–Trinajstić information content (AvgIpc) is 2.03. The number of hydrogen-bond donors (Lipinski definition) is 0. The second-order valence-electron chi connectivity index (χ2n) is 2.72. The molecule has 1 fully saturated rings. The first-order valence-corrected chi connectivity index (χ1v) is 4.98. The summed E-state index contributed by atoms with van der Waals surface area (Å²) in [5.74, 6) is 0. The zero-order valence-electron chi connectivity index (χ0n) is 6.42. The molecule has 62 valence electrons. The summed E-state index contributed by atoms with van der Waals surface area (Å²) in [7, 11) is 0. The zero-order chi connectivity index (χ0) is 8.10. The first-order chi connectivity index (χ1) is 5.29. The molecule has 0 bridgehead atoms. The van der Waals surface area contributed by atoms with Gasteiger partial charge in [0.1, 0.15) is 0 Å². The Balaban J connectivity index is 2.29. The van der Waals surface area contributed by atoms with Crippen molar-refractivity contribution in [2.24, 2.45) is 0 Å². The van der Waals surface area contributed by atoms with Gasteiger partial charge in [0.25, 0.3) is 0 Å². The molecule has 1 aliphatic heterocycles. The Hall–Kier alpha value is -0.0600. The van der Waals surface area contributed by atoms with E-state index in [-0.39, 0.29) is 3.79 Å². The second-order valence-corrected chi connectivity index (χ2v) is 3.78. The minimum atomic E-state index is 0.105. The maximum Gasteiger partial charge on any atom is 0.216 e. The van der Waals surface area contributed by atoms with Crippen LogP contribution in [-0.4, -0.2) is 21.8 Å². The van der Waals surface area contributed by atoms with Crippen molar-refractivity contribution in [3.63, 3.8) is 0 Å². The van der Waals surface area contributed by atoms with Gasteiger partial charge in [0.2, 0.25) is 3.79 Å². The van der Waals surface area contributed by atoms with Gasteiger partial charge in [-0.1, -0.05) is 0 Å². The third-order valence-corrected chi connectivity index (χ3v) is 2.17. The first kappa shape index (κ1) is 9.03. The number of allylic oxidation sites excluding steroid dienone is 1. The monoisotopic (exact) mass is 265 g/mol. The molecule has 0 aromatic rings. The van der Waals surface area contributed by atoms with Gasteiger partial charge in [-0.2, -0.15) is 0 Å². The maximum atomic E-state index is 10.6. The van der Waals surface area contributed by atoms with Crippen LogP contribution < -0.4 is 0 Å². The predicted molar refractivity (Wildman–Crippen MR) is 53.6 cm³/mol. The molecule has 0 spiro atoms. The van der Waals surface area contributed by atoms with Gasteiger partial charge < -0.3 is 4.90 Å². The van der Waals surface area contributed by atoms with Gasteiger partial charge >= 0.3 is 0 Å². The summed E-state index contributed by atoms with van der Waals surface area (Å²) >= 11 is 1.79. The van der Waals surface area contributed by atoms with Gasteiger partial charge in [0.15, 0.2) is 0 Å². The van der Waals surface area contributed by atoms with E-state index in [2.05, 4.69) is 4.90 Å². The van der Waals surface area contributed by atoms with Crippen LogP contribution in [0.1, 0.15) is 19.3 Å². The molecule has 1 heterocycles. The van der Waals surface area contributed by atoms with Gasteiger partial charge in [-0.25, -0.2) is 0 Å². The molecule has 1 aliphatic rings. The largest absolute Gasteiger partial charge is 0.377 e. The van der Waals surface area contributed by atoms with Crippen molar-refractivity contribution in [2.45, 2.75) is 19.3 Å². The lowest BCUT2D eigenvalue weighted by atomic mass is 10.1. The van der Waals surface area contributed by atoms with Crippen molar-refractivity contribution >= 4 is 26.4 Å². The predicted octanol–water partition coefficient (Wildman–Crippen LogP) is 1.95. The number of carbonyl (C=O) groups is 1. The Bertz CT molecular complexity index is 161. The fourth-order valence-electron chi connectivity index (χ4n) is 1.23. The van der Waals surface area contributed by atoms with Crippen molar-refractivity contribution in [1.82, 2.24) is 4.90 Å². The third kappa shape index (κ3) is 3.74. The molecule has 0 aliphatic carbocycles. The second kappa shape index (κ2) is 4.74. The summed E-state index contributed by atoms with van der Waals surface area (Å²) in [4.78, 5) is 12.8. The van der Waals surface area contributed by atoms with Gasteiger partial charge in [-0.15, -0.1) is 0 Å². The van der Waals surface area contributed by atoms with Gasteiger partial charge in [0.05, 0.1) is 0 Å². The van der Waals surface area contributed by atoms with E-state index in [9.17, 15) is 4.79 Å². The van der Waals surface area contributed by atoms with E-state index in [1.807, 2.05) is 6.20 Å². The smallest absolute Gasteiger partial charge is 0.216 e. The van der Waals surface area contributed by atoms with Gasteiger partial charge in [-0.3, -0.25) is 4.79 Å². The molecule has 0 atom stereocenters. The number of nitrogens with zero attached hydrogens (tertiary/aromatic N) is 1. The molecule has 1 rings (SSSR count). The number of rotatable bonds is 2. The lowest BCUT2D eigenvalue weighted by Crippen LogP contribution is -2.24. The molecule has 0 unspecified atom stereocenters. The number of piperidine rings is 1. The molecule has 2 nitrogen and oxygen atoms in total. The standard InChI is InChI=1S/C8H12INO/c9-8(11)4-7-10-5-2-1-3-6-10/h4,7H,1-3,5-6H2/b7-4+. The highest BCUT2D eigenvalue weighted by atomic mass is 127. The molecule has 11 heavy (non-hydrogen) atoms. The van der Waals surface area contributed by atoms with E-state index >= 15 is 0 Å². The summed E-state index contributed by atoms with van der Waals surface area (Å²) in [6.07, 6.45) is 7.40. The summed E-state index contributed by atoms with van der Waals surface area (Å²) in [5, 5.41) is 0. The van der Waals surface area contributed by atoms with Crippen LogP contribution in [0, 0.1) is 0 Å². The molecule has 0 saturated carbocycles. The van der Waals surface area contributed by atoms with E-state index in [1.54, 1.807) is 28.7 Å². The lowest BCUT2D eigenvalue weighted by Gasteiger charge is -2.24. The van der Waals surface area contributed by atoms with Crippen molar-refractivity contribution in [1.29, 1.82) is 0 Å². The highest BCUT2D eigenvalue weighted by Gasteiger charge is 2.04. The fraction of sp³-hybridized carbons (Fsp3) is 0.625. The van der Waals surface area contributed by atoms with Crippen LogP contribution in [0.15, 0.2) is 12.3 Å². The van der Waals surface area contributed by atoms with E-state index in [1.165, 1.54) is 19.3 Å². The normalized spacial score (nSPS) is 19.2. The van der Waals surface area contributed by atoms with Crippen LogP contribution in [0.4, 0.5) is 0 Å². The molecule has 0 radical (unpaired) electrons. The Kier molecular flexibility index (Phi) is 3.90. The number of hydrogen-bond acceptors (Lipinski definition) is 2. The number of halogens is 1.